The zero-order valence-electron chi connectivity index (χ0n) is 10.7. The molecule has 16 heavy (non-hydrogen) atoms. The first-order valence-corrected chi connectivity index (χ1v) is 5.95. The third-order valence-corrected chi connectivity index (χ3v) is 2.92. The lowest BCUT2D eigenvalue weighted by atomic mass is 9.88. The molecule has 1 aromatic carbocycles. The van der Waals surface area contributed by atoms with Crippen LogP contribution in [0.15, 0.2) is 18.2 Å². The Morgan fingerprint density at radius 3 is 2.50 bits per heavy atom. The zero-order valence-corrected chi connectivity index (χ0v) is 10.7. The van der Waals surface area contributed by atoms with Gasteiger partial charge in [-0.3, -0.25) is 0 Å². The fourth-order valence-corrected chi connectivity index (χ4v) is 2.06. The van der Waals surface area contributed by atoms with Crippen molar-refractivity contribution in [1.82, 2.24) is 0 Å². The van der Waals surface area contributed by atoms with E-state index in [0.717, 1.165) is 6.42 Å². The van der Waals surface area contributed by atoms with Crippen molar-refractivity contribution in [2.45, 2.75) is 39.5 Å². The van der Waals surface area contributed by atoms with Crippen molar-refractivity contribution in [3.63, 3.8) is 0 Å². The van der Waals surface area contributed by atoms with Gasteiger partial charge in [0.2, 0.25) is 0 Å². The predicted octanol–water partition coefficient (Wildman–Crippen LogP) is 3.94. The zero-order chi connectivity index (χ0) is 12.1. The van der Waals surface area contributed by atoms with Gasteiger partial charge < -0.3 is 9.84 Å². The van der Waals surface area contributed by atoms with E-state index < -0.39 is 0 Å². The number of benzene rings is 1. The van der Waals surface area contributed by atoms with Gasteiger partial charge >= 0.3 is 0 Å². The fourth-order valence-electron chi connectivity index (χ4n) is 2.06. The van der Waals surface area contributed by atoms with Crippen LogP contribution in [0, 0.1) is 5.92 Å². The summed E-state index contributed by atoms with van der Waals surface area (Å²) in [6, 6.07) is 5.66. The van der Waals surface area contributed by atoms with E-state index in [1.54, 1.807) is 13.2 Å². The van der Waals surface area contributed by atoms with Crippen molar-refractivity contribution >= 4 is 0 Å². The van der Waals surface area contributed by atoms with Gasteiger partial charge in [0, 0.05) is 0 Å². The number of hydrogen-bond donors (Lipinski definition) is 1. The van der Waals surface area contributed by atoms with Crippen LogP contribution in [0.1, 0.15) is 45.1 Å². The second-order valence-corrected chi connectivity index (χ2v) is 4.67. The number of ether oxygens (including phenoxy) is 1. The summed E-state index contributed by atoms with van der Waals surface area (Å²) in [5.74, 6) is 2.02. The molecule has 0 radical (unpaired) electrons. The SMILES string of the molecule is CCC(CC(C)C)c1ccc(O)c(OC)c1. The third-order valence-electron chi connectivity index (χ3n) is 2.92. The van der Waals surface area contributed by atoms with Gasteiger partial charge in [-0.1, -0.05) is 26.8 Å². The molecule has 0 heterocycles. The Kier molecular flexibility index (Phi) is 4.66. The summed E-state index contributed by atoms with van der Waals surface area (Å²) in [4.78, 5) is 0. The molecule has 0 saturated carbocycles. The molecule has 0 amide bonds. The number of aromatic hydroxyl groups is 1. The summed E-state index contributed by atoms with van der Waals surface area (Å²) in [7, 11) is 1.59. The van der Waals surface area contributed by atoms with Crippen LogP contribution in [0.2, 0.25) is 0 Å². The molecular formula is C14H22O2. The maximum absolute atomic E-state index is 9.55. The highest BCUT2D eigenvalue weighted by Gasteiger charge is 2.13. The van der Waals surface area contributed by atoms with E-state index in [2.05, 4.69) is 20.8 Å². The quantitative estimate of drug-likeness (QED) is 0.817. The maximum Gasteiger partial charge on any atom is 0.160 e. The first kappa shape index (κ1) is 12.9. The number of hydrogen-bond acceptors (Lipinski definition) is 2. The van der Waals surface area contributed by atoms with E-state index in [1.807, 2.05) is 12.1 Å². The summed E-state index contributed by atoms with van der Waals surface area (Å²) in [6.45, 7) is 6.67. The second-order valence-electron chi connectivity index (χ2n) is 4.67. The van der Waals surface area contributed by atoms with Gasteiger partial charge in [0.05, 0.1) is 7.11 Å². The molecule has 0 saturated heterocycles. The average Bonchev–Trinajstić information content (AvgIpc) is 2.26. The van der Waals surface area contributed by atoms with Gasteiger partial charge in [0.1, 0.15) is 0 Å². The Morgan fingerprint density at radius 1 is 1.31 bits per heavy atom. The minimum absolute atomic E-state index is 0.214. The molecule has 0 bridgehead atoms. The normalized spacial score (nSPS) is 12.8. The van der Waals surface area contributed by atoms with Gasteiger partial charge in [-0.25, -0.2) is 0 Å². The van der Waals surface area contributed by atoms with Crippen LogP contribution in [0.3, 0.4) is 0 Å². The minimum atomic E-state index is 0.214. The molecule has 0 fully saturated rings. The summed E-state index contributed by atoms with van der Waals surface area (Å²) < 4.78 is 5.14. The highest BCUT2D eigenvalue weighted by Crippen LogP contribution is 2.33. The van der Waals surface area contributed by atoms with Crippen molar-refractivity contribution in [3.05, 3.63) is 23.8 Å². The summed E-state index contributed by atoms with van der Waals surface area (Å²) in [6.07, 6.45) is 2.29. The summed E-state index contributed by atoms with van der Waals surface area (Å²) >= 11 is 0. The number of phenols is 1. The van der Waals surface area contributed by atoms with E-state index in [0.29, 0.717) is 17.6 Å². The molecule has 0 spiro atoms. The minimum Gasteiger partial charge on any atom is -0.504 e. The van der Waals surface area contributed by atoms with Crippen molar-refractivity contribution < 1.29 is 9.84 Å². The lowest BCUT2D eigenvalue weighted by molar-refractivity contribution is 0.371. The smallest absolute Gasteiger partial charge is 0.160 e. The van der Waals surface area contributed by atoms with Crippen LogP contribution in [-0.4, -0.2) is 12.2 Å². The Morgan fingerprint density at radius 2 is 2.00 bits per heavy atom. The van der Waals surface area contributed by atoms with Gasteiger partial charge in [-0.05, 0) is 42.4 Å². The number of rotatable bonds is 5. The van der Waals surface area contributed by atoms with Gasteiger partial charge in [0.25, 0.3) is 0 Å². The van der Waals surface area contributed by atoms with Crippen molar-refractivity contribution in [2.75, 3.05) is 7.11 Å². The molecule has 1 N–H and O–H groups in total. The van der Waals surface area contributed by atoms with E-state index in [4.69, 9.17) is 4.74 Å². The molecule has 1 atom stereocenters. The Balaban J connectivity index is 2.92. The Hall–Kier alpha value is -1.18. The maximum atomic E-state index is 9.55. The van der Waals surface area contributed by atoms with Gasteiger partial charge in [-0.15, -0.1) is 0 Å². The fraction of sp³-hybridized carbons (Fsp3) is 0.571. The van der Waals surface area contributed by atoms with E-state index >= 15 is 0 Å². The highest BCUT2D eigenvalue weighted by atomic mass is 16.5. The lowest BCUT2D eigenvalue weighted by Crippen LogP contribution is -2.02. The Bertz CT molecular complexity index is 332. The first-order valence-electron chi connectivity index (χ1n) is 5.95. The molecule has 90 valence electrons. The van der Waals surface area contributed by atoms with Crippen molar-refractivity contribution in [3.8, 4) is 11.5 Å². The van der Waals surface area contributed by atoms with Crippen LogP contribution in [0.4, 0.5) is 0 Å². The summed E-state index contributed by atoms with van der Waals surface area (Å²) in [5, 5.41) is 9.55. The molecule has 2 heteroatoms. The largest absolute Gasteiger partial charge is 0.504 e. The Labute approximate surface area is 98.3 Å². The predicted molar refractivity (Wildman–Crippen MR) is 67.1 cm³/mol. The molecule has 0 aliphatic carbocycles. The van der Waals surface area contributed by atoms with E-state index in [9.17, 15) is 5.11 Å². The van der Waals surface area contributed by atoms with Crippen molar-refractivity contribution in [2.24, 2.45) is 5.92 Å². The third kappa shape index (κ3) is 3.16. The molecule has 2 nitrogen and oxygen atoms in total. The highest BCUT2D eigenvalue weighted by molar-refractivity contribution is 5.42. The lowest BCUT2D eigenvalue weighted by Gasteiger charge is -2.18. The van der Waals surface area contributed by atoms with E-state index in [1.165, 1.54) is 12.0 Å². The number of phenolic OH excluding ortho intramolecular Hbond substituents is 1. The number of methoxy groups -OCH3 is 1. The first-order chi connectivity index (χ1) is 7.58. The molecule has 0 aliphatic heterocycles. The molecule has 0 aromatic heterocycles. The second kappa shape index (κ2) is 5.78. The monoisotopic (exact) mass is 222 g/mol. The van der Waals surface area contributed by atoms with Crippen molar-refractivity contribution in [1.29, 1.82) is 0 Å². The van der Waals surface area contributed by atoms with Gasteiger partial charge in [0.15, 0.2) is 11.5 Å². The molecule has 1 aromatic rings. The molecule has 0 aliphatic rings. The van der Waals surface area contributed by atoms with Crippen LogP contribution in [-0.2, 0) is 0 Å². The topological polar surface area (TPSA) is 29.5 Å². The standard InChI is InChI=1S/C14H22O2/c1-5-11(8-10(2)3)12-6-7-13(15)14(9-12)16-4/h6-7,9-11,15H,5,8H2,1-4H3. The molecule has 1 unspecified atom stereocenters. The van der Waals surface area contributed by atoms with E-state index in [-0.39, 0.29) is 5.75 Å². The van der Waals surface area contributed by atoms with Crippen LogP contribution in [0.5, 0.6) is 11.5 Å². The molecular weight excluding hydrogens is 200 g/mol. The van der Waals surface area contributed by atoms with Gasteiger partial charge in [-0.2, -0.15) is 0 Å². The molecule has 1 rings (SSSR count). The van der Waals surface area contributed by atoms with Crippen LogP contribution in [0.25, 0.3) is 0 Å². The summed E-state index contributed by atoms with van der Waals surface area (Å²) in [5.41, 5.74) is 1.26. The van der Waals surface area contributed by atoms with Crippen LogP contribution < -0.4 is 4.74 Å². The average molecular weight is 222 g/mol. The van der Waals surface area contributed by atoms with Crippen LogP contribution >= 0.6 is 0 Å².